The van der Waals surface area contributed by atoms with E-state index in [0.29, 0.717) is 21.3 Å². The van der Waals surface area contributed by atoms with Crippen LogP contribution in [0.5, 0.6) is 0 Å². The number of imide groups is 1. The number of anilines is 2. The summed E-state index contributed by atoms with van der Waals surface area (Å²) in [7, 11) is 1.74. The maximum Gasteiger partial charge on any atom is 0.282 e. The number of rotatable bonds is 4. The van der Waals surface area contributed by atoms with Crippen molar-refractivity contribution in [1.29, 1.82) is 0 Å². The van der Waals surface area contributed by atoms with Crippen molar-refractivity contribution in [2.45, 2.75) is 0 Å². The van der Waals surface area contributed by atoms with E-state index in [9.17, 15) is 9.59 Å². The number of likely N-dealkylation sites (N-methyl/N-ethyl adjacent to an activating group) is 1. The lowest BCUT2D eigenvalue weighted by atomic mass is 10.0. The van der Waals surface area contributed by atoms with Gasteiger partial charge in [0.15, 0.2) is 0 Å². The zero-order valence-corrected chi connectivity index (χ0v) is 18.0. The summed E-state index contributed by atoms with van der Waals surface area (Å²) < 4.78 is 0. The van der Waals surface area contributed by atoms with Gasteiger partial charge >= 0.3 is 0 Å². The normalized spacial score (nSPS) is 13.9. The van der Waals surface area contributed by atoms with Gasteiger partial charge in [0.25, 0.3) is 11.8 Å². The summed E-state index contributed by atoms with van der Waals surface area (Å²) in [6.45, 7) is 0. The average Bonchev–Trinajstić information content (AvgIpc) is 2.99. The quantitative estimate of drug-likeness (QED) is 0.447. The molecule has 150 valence electrons. The van der Waals surface area contributed by atoms with Crippen LogP contribution in [0.15, 0.2) is 78.5 Å². The zero-order valence-electron chi connectivity index (χ0n) is 15.8. The molecule has 0 unspecified atom stereocenters. The van der Waals surface area contributed by atoms with Crippen LogP contribution in [0.4, 0.5) is 11.4 Å². The molecule has 0 aliphatic carbocycles. The van der Waals surface area contributed by atoms with Gasteiger partial charge in [-0.15, -0.1) is 0 Å². The molecule has 0 aromatic heterocycles. The maximum absolute atomic E-state index is 13.5. The third kappa shape index (κ3) is 3.58. The molecule has 0 atom stereocenters. The van der Waals surface area contributed by atoms with E-state index in [1.807, 2.05) is 30.3 Å². The van der Waals surface area contributed by atoms with Crippen LogP contribution in [-0.4, -0.2) is 18.9 Å². The molecule has 0 saturated heterocycles. The molecule has 4 nitrogen and oxygen atoms in total. The second kappa shape index (κ2) is 8.15. The molecule has 30 heavy (non-hydrogen) atoms. The van der Waals surface area contributed by atoms with Gasteiger partial charge in [-0.05, 0) is 48.5 Å². The van der Waals surface area contributed by atoms with Gasteiger partial charge in [-0.25, -0.2) is 4.90 Å². The highest BCUT2D eigenvalue weighted by Crippen LogP contribution is 2.39. The fraction of sp³-hybridized carbons (Fsp3) is 0.0435. The standard InChI is InChI=1S/C23H15Cl3N2O2/c1-27(16-5-3-2-4-6-16)21-20(18-12-9-15(25)13-19(18)26)22(29)28(23(21)30)17-10-7-14(24)8-11-17/h2-13H,1H3. The second-order valence-corrected chi connectivity index (χ2v) is 7.94. The van der Waals surface area contributed by atoms with Crippen LogP contribution in [-0.2, 0) is 9.59 Å². The molecular weight excluding hydrogens is 443 g/mol. The van der Waals surface area contributed by atoms with Crippen molar-refractivity contribution in [2.75, 3.05) is 16.8 Å². The topological polar surface area (TPSA) is 40.6 Å². The Morgan fingerprint density at radius 2 is 1.40 bits per heavy atom. The Balaban J connectivity index is 1.91. The highest BCUT2D eigenvalue weighted by molar-refractivity contribution is 6.48. The first-order valence-electron chi connectivity index (χ1n) is 9.01. The highest BCUT2D eigenvalue weighted by Gasteiger charge is 2.42. The number of hydrogen-bond donors (Lipinski definition) is 0. The predicted octanol–water partition coefficient (Wildman–Crippen LogP) is 6.07. The molecule has 0 saturated carbocycles. The van der Waals surface area contributed by atoms with E-state index in [2.05, 4.69) is 0 Å². The summed E-state index contributed by atoms with van der Waals surface area (Å²) in [6.07, 6.45) is 0. The van der Waals surface area contributed by atoms with Crippen LogP contribution in [0, 0.1) is 0 Å². The van der Waals surface area contributed by atoms with Crippen LogP contribution >= 0.6 is 34.8 Å². The predicted molar refractivity (Wildman–Crippen MR) is 122 cm³/mol. The van der Waals surface area contributed by atoms with E-state index >= 15 is 0 Å². The summed E-state index contributed by atoms with van der Waals surface area (Å²) in [6, 6.07) is 20.7. The van der Waals surface area contributed by atoms with Gasteiger partial charge in [0.05, 0.1) is 16.3 Å². The van der Waals surface area contributed by atoms with Crippen molar-refractivity contribution in [3.05, 3.63) is 99.1 Å². The van der Waals surface area contributed by atoms with Crippen molar-refractivity contribution in [1.82, 2.24) is 0 Å². The molecular formula is C23H15Cl3N2O2. The van der Waals surface area contributed by atoms with Crippen molar-refractivity contribution in [2.24, 2.45) is 0 Å². The van der Waals surface area contributed by atoms with Crippen LogP contribution in [0.3, 0.4) is 0 Å². The molecule has 1 heterocycles. The fourth-order valence-electron chi connectivity index (χ4n) is 3.37. The Hall–Kier alpha value is -2.79. The summed E-state index contributed by atoms with van der Waals surface area (Å²) in [4.78, 5) is 29.8. The molecule has 0 fully saturated rings. The Morgan fingerprint density at radius 1 is 0.767 bits per heavy atom. The van der Waals surface area contributed by atoms with E-state index in [1.54, 1.807) is 54.4 Å². The first kappa shape index (κ1) is 20.5. The number of hydrogen-bond acceptors (Lipinski definition) is 3. The van der Waals surface area contributed by atoms with Crippen LogP contribution in [0.2, 0.25) is 15.1 Å². The van der Waals surface area contributed by atoms with Crippen molar-refractivity contribution in [3.8, 4) is 0 Å². The van der Waals surface area contributed by atoms with Crippen LogP contribution in [0.1, 0.15) is 5.56 Å². The SMILES string of the molecule is CN(C1=C(c2ccc(Cl)cc2Cl)C(=O)N(c2ccc(Cl)cc2)C1=O)c1ccccc1. The van der Waals surface area contributed by atoms with E-state index in [0.717, 1.165) is 10.6 Å². The molecule has 0 bridgehead atoms. The van der Waals surface area contributed by atoms with Gasteiger partial charge in [0.2, 0.25) is 0 Å². The van der Waals surface area contributed by atoms with E-state index in [1.165, 1.54) is 0 Å². The molecule has 3 aromatic carbocycles. The molecule has 3 aromatic rings. The number of benzene rings is 3. The van der Waals surface area contributed by atoms with Gasteiger partial charge in [-0.1, -0.05) is 59.1 Å². The van der Waals surface area contributed by atoms with E-state index < -0.39 is 11.8 Å². The number of para-hydroxylation sites is 1. The largest absolute Gasteiger partial charge is 0.339 e. The third-order valence-corrected chi connectivity index (χ3v) is 5.62. The summed E-state index contributed by atoms with van der Waals surface area (Å²) in [5, 5.41) is 1.23. The Morgan fingerprint density at radius 3 is 2.03 bits per heavy atom. The Labute approximate surface area is 188 Å². The molecule has 0 spiro atoms. The lowest BCUT2D eigenvalue weighted by Crippen LogP contribution is -2.34. The van der Waals surface area contributed by atoms with Crippen molar-refractivity contribution in [3.63, 3.8) is 0 Å². The van der Waals surface area contributed by atoms with E-state index in [4.69, 9.17) is 34.8 Å². The Bertz CT molecular complexity index is 1170. The summed E-state index contributed by atoms with van der Waals surface area (Å²) in [5.41, 5.74) is 2.06. The highest BCUT2D eigenvalue weighted by atomic mass is 35.5. The number of nitrogens with zero attached hydrogens (tertiary/aromatic N) is 2. The minimum absolute atomic E-state index is 0.211. The Kier molecular flexibility index (Phi) is 5.56. The molecule has 0 radical (unpaired) electrons. The number of amides is 2. The van der Waals surface area contributed by atoms with Gasteiger partial charge in [0.1, 0.15) is 5.70 Å². The second-order valence-electron chi connectivity index (χ2n) is 6.66. The van der Waals surface area contributed by atoms with Gasteiger partial charge < -0.3 is 4.90 Å². The molecule has 1 aliphatic rings. The average molecular weight is 458 g/mol. The van der Waals surface area contributed by atoms with Crippen molar-refractivity contribution >= 4 is 63.6 Å². The minimum Gasteiger partial charge on any atom is -0.339 e. The molecule has 0 N–H and O–H groups in total. The maximum atomic E-state index is 13.5. The lowest BCUT2D eigenvalue weighted by Gasteiger charge is -2.21. The number of carbonyl (C=O) groups is 2. The van der Waals surface area contributed by atoms with Gasteiger partial charge in [-0.2, -0.15) is 0 Å². The molecule has 2 amide bonds. The van der Waals surface area contributed by atoms with Gasteiger partial charge in [-0.3, -0.25) is 9.59 Å². The zero-order chi connectivity index (χ0) is 21.4. The van der Waals surface area contributed by atoms with E-state index in [-0.39, 0.29) is 16.3 Å². The first-order chi connectivity index (χ1) is 14.4. The monoisotopic (exact) mass is 456 g/mol. The molecule has 7 heteroatoms. The fourth-order valence-corrected chi connectivity index (χ4v) is 4.00. The molecule has 1 aliphatic heterocycles. The van der Waals surface area contributed by atoms with Crippen LogP contribution in [0.25, 0.3) is 5.57 Å². The minimum atomic E-state index is -0.468. The summed E-state index contributed by atoms with van der Waals surface area (Å²) in [5.74, 6) is -0.918. The number of carbonyl (C=O) groups excluding carboxylic acids is 2. The summed E-state index contributed by atoms with van der Waals surface area (Å²) >= 11 is 18.4. The van der Waals surface area contributed by atoms with Crippen molar-refractivity contribution < 1.29 is 9.59 Å². The van der Waals surface area contributed by atoms with Crippen LogP contribution < -0.4 is 9.80 Å². The molecule has 4 rings (SSSR count). The van der Waals surface area contributed by atoms with Gasteiger partial charge in [0, 0.05) is 28.3 Å². The first-order valence-corrected chi connectivity index (χ1v) is 10.1. The smallest absolute Gasteiger partial charge is 0.282 e. The third-order valence-electron chi connectivity index (χ3n) is 4.82. The lowest BCUT2D eigenvalue weighted by molar-refractivity contribution is -0.120. The number of halogens is 3.